The van der Waals surface area contributed by atoms with Gasteiger partial charge >= 0.3 is 0 Å². The molecule has 2 heterocycles. The van der Waals surface area contributed by atoms with Crippen LogP contribution in [-0.4, -0.2) is 34.0 Å². The summed E-state index contributed by atoms with van der Waals surface area (Å²) in [6.07, 6.45) is 1.12. The molecular weight excluding hydrogens is 270 g/mol. The Labute approximate surface area is 125 Å². The van der Waals surface area contributed by atoms with Gasteiger partial charge in [-0.05, 0) is 33.6 Å². The molecule has 2 rings (SSSR count). The monoisotopic (exact) mass is 295 g/mol. The van der Waals surface area contributed by atoms with Gasteiger partial charge in [0.1, 0.15) is 0 Å². The molecule has 0 spiro atoms. The maximum atomic E-state index is 12.7. The van der Waals surface area contributed by atoms with Crippen molar-refractivity contribution in [3.05, 3.63) is 21.6 Å². The summed E-state index contributed by atoms with van der Waals surface area (Å²) < 4.78 is 6.97. The number of unbranched alkanes of at least 4 members (excludes halogenated alkanes) is 1. The number of aliphatic hydroxyl groups excluding tert-OH is 1. The molecule has 118 valence electrons. The largest absolute Gasteiger partial charge is 0.369 e. The number of rotatable bonds is 6. The molecule has 1 aliphatic heterocycles. The lowest BCUT2D eigenvalue weighted by Crippen LogP contribution is -2.37. The molecule has 0 saturated carbocycles. The molecule has 0 aromatic carbocycles. The van der Waals surface area contributed by atoms with E-state index in [0.717, 1.165) is 18.5 Å². The molecule has 2 atom stereocenters. The average Bonchev–Trinajstić information content (AvgIpc) is 2.71. The third-order valence-electron chi connectivity index (χ3n) is 3.94. The first kappa shape index (κ1) is 16.0. The van der Waals surface area contributed by atoms with Gasteiger partial charge in [-0.1, -0.05) is 13.3 Å². The fourth-order valence-corrected chi connectivity index (χ4v) is 2.82. The second-order valence-electron chi connectivity index (χ2n) is 5.30. The molecule has 6 nitrogen and oxygen atoms in total. The standard InChI is InChI=1S/C15H25N3O3/c1-5-8-9-11-10(4)16-15-17(6-2)14(21-7-3)13(20)18(15)12(11)19/h13-14,20H,5-9H2,1-4H3. The van der Waals surface area contributed by atoms with Crippen molar-refractivity contribution in [1.29, 1.82) is 0 Å². The molecule has 21 heavy (non-hydrogen) atoms. The van der Waals surface area contributed by atoms with Gasteiger partial charge in [0, 0.05) is 24.4 Å². The van der Waals surface area contributed by atoms with Gasteiger partial charge in [-0.2, -0.15) is 0 Å². The topological polar surface area (TPSA) is 67.6 Å². The van der Waals surface area contributed by atoms with Crippen LogP contribution in [-0.2, 0) is 11.2 Å². The number of anilines is 1. The summed E-state index contributed by atoms with van der Waals surface area (Å²) in [5, 5.41) is 10.5. The minimum Gasteiger partial charge on any atom is -0.369 e. The second-order valence-corrected chi connectivity index (χ2v) is 5.30. The number of ether oxygens (including phenoxy) is 1. The molecule has 0 radical (unpaired) electrons. The summed E-state index contributed by atoms with van der Waals surface area (Å²) in [5.74, 6) is 0.506. The molecular formula is C15H25N3O3. The zero-order valence-corrected chi connectivity index (χ0v) is 13.3. The fraction of sp³-hybridized carbons (Fsp3) is 0.733. The van der Waals surface area contributed by atoms with E-state index in [9.17, 15) is 9.90 Å². The van der Waals surface area contributed by atoms with E-state index in [1.807, 2.05) is 25.7 Å². The van der Waals surface area contributed by atoms with Gasteiger partial charge in [-0.15, -0.1) is 0 Å². The Balaban J connectivity index is 2.50. The first-order chi connectivity index (χ1) is 10.1. The smallest absolute Gasteiger partial charge is 0.260 e. The maximum absolute atomic E-state index is 12.7. The van der Waals surface area contributed by atoms with Crippen LogP contribution >= 0.6 is 0 Å². The van der Waals surface area contributed by atoms with Crippen molar-refractivity contribution < 1.29 is 9.84 Å². The van der Waals surface area contributed by atoms with E-state index in [4.69, 9.17) is 4.74 Å². The van der Waals surface area contributed by atoms with E-state index >= 15 is 0 Å². The molecule has 2 unspecified atom stereocenters. The predicted molar refractivity (Wildman–Crippen MR) is 81.5 cm³/mol. The Morgan fingerprint density at radius 1 is 1.33 bits per heavy atom. The van der Waals surface area contributed by atoms with Crippen molar-refractivity contribution in [2.75, 3.05) is 18.1 Å². The molecule has 1 N–H and O–H groups in total. The van der Waals surface area contributed by atoms with E-state index in [2.05, 4.69) is 11.9 Å². The number of likely N-dealkylation sites (N-methyl/N-ethyl adjacent to an activating group) is 1. The molecule has 1 aromatic heterocycles. The van der Waals surface area contributed by atoms with Crippen LogP contribution < -0.4 is 10.5 Å². The SMILES string of the molecule is CCCCc1c(C)nc2n(c1=O)C(O)C(OCC)N2CC. The number of aromatic nitrogens is 2. The molecule has 1 aromatic rings. The van der Waals surface area contributed by atoms with Crippen molar-refractivity contribution in [3.63, 3.8) is 0 Å². The first-order valence-electron chi connectivity index (χ1n) is 7.75. The Hall–Kier alpha value is -1.40. The molecule has 0 bridgehead atoms. The highest BCUT2D eigenvalue weighted by atomic mass is 16.5. The molecule has 6 heteroatoms. The Kier molecular flexibility index (Phi) is 5.00. The highest BCUT2D eigenvalue weighted by molar-refractivity contribution is 5.40. The molecule has 0 fully saturated rings. The number of nitrogens with zero attached hydrogens (tertiary/aromatic N) is 3. The highest BCUT2D eigenvalue weighted by Gasteiger charge is 2.40. The molecule has 0 amide bonds. The molecule has 1 aliphatic rings. The fourth-order valence-electron chi connectivity index (χ4n) is 2.82. The molecule has 0 saturated heterocycles. The Morgan fingerprint density at radius 3 is 2.62 bits per heavy atom. The van der Waals surface area contributed by atoms with Crippen LogP contribution in [0.1, 0.15) is 51.1 Å². The van der Waals surface area contributed by atoms with Crippen LogP contribution in [0.4, 0.5) is 5.95 Å². The van der Waals surface area contributed by atoms with Crippen molar-refractivity contribution in [1.82, 2.24) is 9.55 Å². The van der Waals surface area contributed by atoms with Crippen LogP contribution in [0.3, 0.4) is 0 Å². The zero-order chi connectivity index (χ0) is 15.6. The minimum atomic E-state index is -0.999. The Bertz CT molecular complexity index is 556. The van der Waals surface area contributed by atoms with Crippen molar-refractivity contribution >= 4 is 5.95 Å². The summed E-state index contributed by atoms with van der Waals surface area (Å²) in [4.78, 5) is 19.1. The summed E-state index contributed by atoms with van der Waals surface area (Å²) >= 11 is 0. The quantitative estimate of drug-likeness (QED) is 0.863. The van der Waals surface area contributed by atoms with Crippen molar-refractivity contribution in [3.8, 4) is 0 Å². The summed E-state index contributed by atoms with van der Waals surface area (Å²) in [5.41, 5.74) is 1.31. The lowest BCUT2D eigenvalue weighted by Gasteiger charge is -2.24. The Morgan fingerprint density at radius 2 is 2.05 bits per heavy atom. The third kappa shape index (κ3) is 2.70. The van der Waals surface area contributed by atoms with Crippen LogP contribution in [0.2, 0.25) is 0 Å². The van der Waals surface area contributed by atoms with Crippen LogP contribution in [0.25, 0.3) is 0 Å². The lowest BCUT2D eigenvalue weighted by molar-refractivity contribution is -0.0531. The molecule has 0 aliphatic carbocycles. The van der Waals surface area contributed by atoms with Gasteiger partial charge in [0.25, 0.3) is 5.56 Å². The number of hydrogen-bond acceptors (Lipinski definition) is 5. The summed E-state index contributed by atoms with van der Waals surface area (Å²) in [6.45, 7) is 8.89. The van der Waals surface area contributed by atoms with Gasteiger partial charge in [-0.25, -0.2) is 9.55 Å². The van der Waals surface area contributed by atoms with E-state index in [-0.39, 0.29) is 5.56 Å². The normalized spacial score (nSPS) is 20.9. The van der Waals surface area contributed by atoms with E-state index in [1.165, 1.54) is 4.57 Å². The van der Waals surface area contributed by atoms with E-state index < -0.39 is 12.5 Å². The highest BCUT2D eigenvalue weighted by Crippen LogP contribution is 2.30. The second kappa shape index (κ2) is 6.58. The number of fused-ring (bicyclic) bond motifs is 1. The predicted octanol–water partition coefficient (Wildman–Crippen LogP) is 1.59. The van der Waals surface area contributed by atoms with Gasteiger partial charge in [0.15, 0.2) is 12.5 Å². The van der Waals surface area contributed by atoms with Gasteiger partial charge in [0.2, 0.25) is 5.95 Å². The van der Waals surface area contributed by atoms with Crippen molar-refractivity contribution in [2.24, 2.45) is 0 Å². The minimum absolute atomic E-state index is 0.140. The maximum Gasteiger partial charge on any atom is 0.260 e. The van der Waals surface area contributed by atoms with Crippen LogP contribution in [0.5, 0.6) is 0 Å². The van der Waals surface area contributed by atoms with Gasteiger partial charge in [-0.3, -0.25) is 4.79 Å². The van der Waals surface area contributed by atoms with E-state index in [1.54, 1.807) is 0 Å². The lowest BCUT2D eigenvalue weighted by atomic mass is 10.1. The summed E-state index contributed by atoms with van der Waals surface area (Å²) in [6, 6.07) is 0. The van der Waals surface area contributed by atoms with Gasteiger partial charge < -0.3 is 14.7 Å². The van der Waals surface area contributed by atoms with Crippen LogP contribution in [0.15, 0.2) is 4.79 Å². The third-order valence-corrected chi connectivity index (χ3v) is 3.94. The average molecular weight is 295 g/mol. The van der Waals surface area contributed by atoms with Crippen molar-refractivity contribution in [2.45, 2.75) is 59.4 Å². The number of hydrogen-bond donors (Lipinski definition) is 1. The zero-order valence-electron chi connectivity index (χ0n) is 13.3. The first-order valence-corrected chi connectivity index (χ1v) is 7.75. The van der Waals surface area contributed by atoms with Gasteiger partial charge in [0.05, 0.1) is 0 Å². The number of aliphatic hydroxyl groups is 1. The summed E-state index contributed by atoms with van der Waals surface area (Å²) in [7, 11) is 0. The van der Waals surface area contributed by atoms with Crippen LogP contribution in [0, 0.1) is 6.92 Å². The number of aryl methyl sites for hydroxylation is 1. The van der Waals surface area contributed by atoms with E-state index in [0.29, 0.717) is 31.1 Å².